The highest BCUT2D eigenvalue weighted by molar-refractivity contribution is 5.02. The van der Waals surface area contributed by atoms with E-state index in [4.69, 9.17) is 0 Å². The zero-order valence-corrected chi connectivity index (χ0v) is 6.87. The fourth-order valence-corrected chi connectivity index (χ4v) is 2.07. The number of aliphatic hydroxyl groups excluding tert-OH is 1. The molecule has 0 bridgehead atoms. The van der Waals surface area contributed by atoms with Crippen LogP contribution >= 0.6 is 0 Å². The maximum atomic E-state index is 9.56. The van der Waals surface area contributed by atoms with Gasteiger partial charge < -0.3 is 5.11 Å². The first-order valence-corrected chi connectivity index (χ1v) is 4.72. The second-order valence-electron chi connectivity index (χ2n) is 3.86. The molecule has 0 aromatic rings. The lowest BCUT2D eigenvalue weighted by Gasteiger charge is -2.01. The second-order valence-corrected chi connectivity index (χ2v) is 3.86. The molecular weight excluding hydrogens is 136 g/mol. The van der Waals surface area contributed by atoms with Crippen LogP contribution in [0, 0.1) is 11.8 Å². The van der Waals surface area contributed by atoms with Gasteiger partial charge in [0.05, 0.1) is 6.10 Å². The molecule has 62 valence electrons. The lowest BCUT2D eigenvalue weighted by molar-refractivity contribution is 0.192. The van der Waals surface area contributed by atoms with Gasteiger partial charge in [0.1, 0.15) is 0 Å². The molecule has 2 aliphatic carbocycles. The van der Waals surface area contributed by atoms with Gasteiger partial charge in [0.2, 0.25) is 0 Å². The monoisotopic (exact) mass is 152 g/mol. The zero-order valence-electron chi connectivity index (χ0n) is 6.87. The summed E-state index contributed by atoms with van der Waals surface area (Å²) in [6.07, 6.45) is 10.5. The molecule has 0 saturated heterocycles. The second kappa shape index (κ2) is 2.98. The van der Waals surface area contributed by atoms with E-state index in [-0.39, 0.29) is 6.10 Å². The van der Waals surface area contributed by atoms with E-state index >= 15 is 0 Å². The summed E-state index contributed by atoms with van der Waals surface area (Å²) in [7, 11) is 0. The molecule has 0 amide bonds. The van der Waals surface area contributed by atoms with Gasteiger partial charge in [0, 0.05) is 0 Å². The van der Waals surface area contributed by atoms with Gasteiger partial charge in [-0.3, -0.25) is 0 Å². The molecule has 11 heavy (non-hydrogen) atoms. The number of hydrogen-bond acceptors (Lipinski definition) is 1. The van der Waals surface area contributed by atoms with Crippen molar-refractivity contribution in [3.05, 3.63) is 12.2 Å². The van der Waals surface area contributed by atoms with Crippen LogP contribution in [0.5, 0.6) is 0 Å². The third-order valence-corrected chi connectivity index (χ3v) is 2.94. The minimum Gasteiger partial charge on any atom is -0.389 e. The summed E-state index contributed by atoms with van der Waals surface area (Å²) >= 11 is 0. The molecule has 1 nitrogen and oxygen atoms in total. The molecule has 0 aromatic carbocycles. The summed E-state index contributed by atoms with van der Waals surface area (Å²) in [4.78, 5) is 0. The van der Waals surface area contributed by atoms with E-state index in [1.807, 2.05) is 6.08 Å². The first kappa shape index (κ1) is 7.35. The first-order chi connectivity index (χ1) is 5.38. The van der Waals surface area contributed by atoms with Crippen LogP contribution < -0.4 is 0 Å². The molecule has 2 rings (SSSR count). The molecule has 0 heterocycles. The summed E-state index contributed by atoms with van der Waals surface area (Å²) < 4.78 is 0. The van der Waals surface area contributed by atoms with Crippen LogP contribution in [0.15, 0.2) is 12.2 Å². The van der Waals surface area contributed by atoms with Gasteiger partial charge in [-0.25, -0.2) is 0 Å². The smallest absolute Gasteiger partial charge is 0.0751 e. The van der Waals surface area contributed by atoms with E-state index in [9.17, 15) is 5.11 Å². The lowest BCUT2D eigenvalue weighted by atomic mass is 10.1. The maximum absolute atomic E-state index is 9.56. The fraction of sp³-hybridized carbons (Fsp3) is 0.800. The number of rotatable bonds is 0. The third-order valence-electron chi connectivity index (χ3n) is 2.94. The van der Waals surface area contributed by atoms with Gasteiger partial charge in [-0.05, 0) is 31.1 Å². The van der Waals surface area contributed by atoms with Crippen LogP contribution in [0.25, 0.3) is 0 Å². The van der Waals surface area contributed by atoms with Crippen LogP contribution in [0.1, 0.15) is 32.1 Å². The lowest BCUT2D eigenvalue weighted by Crippen LogP contribution is -2.05. The highest BCUT2D eigenvalue weighted by Crippen LogP contribution is 2.45. The molecule has 1 N–H and O–H groups in total. The summed E-state index contributed by atoms with van der Waals surface area (Å²) in [6.45, 7) is 0. The Kier molecular flexibility index (Phi) is 1.99. The third kappa shape index (κ3) is 1.64. The predicted octanol–water partition coefficient (Wildman–Crippen LogP) is 2.11. The van der Waals surface area contributed by atoms with Gasteiger partial charge in [-0.2, -0.15) is 0 Å². The van der Waals surface area contributed by atoms with Gasteiger partial charge in [0.25, 0.3) is 0 Å². The van der Waals surface area contributed by atoms with E-state index in [0.717, 1.165) is 12.3 Å². The molecule has 3 atom stereocenters. The Morgan fingerprint density at radius 3 is 3.09 bits per heavy atom. The van der Waals surface area contributed by atoms with E-state index < -0.39 is 0 Å². The van der Waals surface area contributed by atoms with E-state index in [1.54, 1.807) is 0 Å². The Morgan fingerprint density at radius 2 is 2.18 bits per heavy atom. The van der Waals surface area contributed by atoms with Crippen molar-refractivity contribution >= 4 is 0 Å². The Hall–Kier alpha value is -0.300. The highest BCUT2D eigenvalue weighted by atomic mass is 16.3. The van der Waals surface area contributed by atoms with Crippen molar-refractivity contribution in [2.45, 2.75) is 38.2 Å². The van der Waals surface area contributed by atoms with E-state index in [0.29, 0.717) is 5.92 Å². The van der Waals surface area contributed by atoms with Crippen molar-refractivity contribution in [3.63, 3.8) is 0 Å². The predicted molar refractivity (Wildman–Crippen MR) is 45.2 cm³/mol. The van der Waals surface area contributed by atoms with Gasteiger partial charge >= 0.3 is 0 Å². The molecular formula is C10H16O. The Morgan fingerprint density at radius 1 is 1.27 bits per heavy atom. The van der Waals surface area contributed by atoms with Crippen LogP contribution in [-0.4, -0.2) is 11.2 Å². The highest BCUT2D eigenvalue weighted by Gasteiger charge is 2.40. The molecule has 0 unspecified atom stereocenters. The Labute approximate surface area is 68.1 Å². The summed E-state index contributed by atoms with van der Waals surface area (Å²) in [5.74, 6) is 1.47. The van der Waals surface area contributed by atoms with Crippen molar-refractivity contribution in [3.8, 4) is 0 Å². The van der Waals surface area contributed by atoms with Crippen LogP contribution in [0.4, 0.5) is 0 Å². The van der Waals surface area contributed by atoms with Crippen LogP contribution in [0.3, 0.4) is 0 Å². The molecule has 0 aliphatic heterocycles. The maximum Gasteiger partial charge on any atom is 0.0751 e. The quantitative estimate of drug-likeness (QED) is 0.527. The average molecular weight is 152 g/mol. The minimum absolute atomic E-state index is 0.127. The van der Waals surface area contributed by atoms with Gasteiger partial charge in [-0.15, -0.1) is 0 Å². The van der Waals surface area contributed by atoms with Crippen molar-refractivity contribution < 1.29 is 5.11 Å². The fourth-order valence-electron chi connectivity index (χ4n) is 2.07. The molecule has 0 radical (unpaired) electrons. The Balaban J connectivity index is 1.95. The number of fused-ring (bicyclic) bond motifs is 1. The summed E-state index contributed by atoms with van der Waals surface area (Å²) in [5, 5.41) is 9.56. The van der Waals surface area contributed by atoms with Crippen molar-refractivity contribution in [1.29, 1.82) is 0 Å². The molecule has 0 aromatic heterocycles. The Bertz CT molecular complexity index is 162. The van der Waals surface area contributed by atoms with E-state index in [1.165, 1.54) is 25.7 Å². The number of hydrogen-bond donors (Lipinski definition) is 1. The van der Waals surface area contributed by atoms with Gasteiger partial charge in [-0.1, -0.05) is 25.0 Å². The SMILES string of the molecule is O[C@@H]1/C=C/CCCC[C@@H]2C[C@H]21. The number of aliphatic hydroxyl groups is 1. The van der Waals surface area contributed by atoms with Crippen LogP contribution in [-0.2, 0) is 0 Å². The first-order valence-electron chi connectivity index (χ1n) is 4.72. The number of allylic oxidation sites excluding steroid dienone is 1. The standard InChI is InChI=1S/C10H16O/c11-10-6-4-2-1-3-5-8-7-9(8)10/h4,6,8-11H,1-3,5,7H2/b6-4+/t8-,9-,10-/m1/s1. The normalized spacial score (nSPS) is 46.5. The molecule has 0 spiro atoms. The summed E-state index contributed by atoms with van der Waals surface area (Å²) in [6, 6.07) is 0. The largest absolute Gasteiger partial charge is 0.389 e. The van der Waals surface area contributed by atoms with Crippen molar-refractivity contribution in [2.75, 3.05) is 0 Å². The molecule has 1 heteroatoms. The van der Waals surface area contributed by atoms with Crippen molar-refractivity contribution in [1.82, 2.24) is 0 Å². The zero-order chi connectivity index (χ0) is 7.68. The van der Waals surface area contributed by atoms with Gasteiger partial charge in [0.15, 0.2) is 0 Å². The van der Waals surface area contributed by atoms with Crippen LogP contribution in [0.2, 0.25) is 0 Å². The average Bonchev–Trinajstić information content (AvgIpc) is 2.74. The summed E-state index contributed by atoms with van der Waals surface area (Å²) in [5.41, 5.74) is 0. The topological polar surface area (TPSA) is 20.2 Å². The van der Waals surface area contributed by atoms with E-state index in [2.05, 4.69) is 6.08 Å². The van der Waals surface area contributed by atoms with Crippen molar-refractivity contribution in [2.24, 2.45) is 11.8 Å². The molecule has 2 aliphatic rings. The molecule has 1 fully saturated rings. The minimum atomic E-state index is -0.127. The molecule has 1 saturated carbocycles.